The number of nitrogens with zero attached hydrogens (tertiary/aromatic N) is 1. The standard InChI is InChI=1S/C16H20F4N2O2/c17-13-3-1-2-11(10-13)4-7-21-15(24)22-8-5-12(6-9-22)14(23)16(18,19)20/h1-3,10,12,14,23H,4-9H2,(H,21,24). The summed E-state index contributed by atoms with van der Waals surface area (Å²) in [4.78, 5) is 13.4. The maximum atomic E-state index is 13.0. The second-order valence-corrected chi connectivity index (χ2v) is 5.92. The van der Waals surface area contributed by atoms with Crippen molar-refractivity contribution in [2.45, 2.75) is 31.5 Å². The van der Waals surface area contributed by atoms with Gasteiger partial charge in [-0.2, -0.15) is 13.2 Å². The highest BCUT2D eigenvalue weighted by atomic mass is 19.4. The number of piperidine rings is 1. The molecule has 24 heavy (non-hydrogen) atoms. The van der Waals surface area contributed by atoms with Gasteiger partial charge in [0, 0.05) is 19.6 Å². The van der Waals surface area contributed by atoms with Crippen LogP contribution in [0.15, 0.2) is 24.3 Å². The normalized spacial score (nSPS) is 17.6. The molecule has 0 saturated carbocycles. The van der Waals surface area contributed by atoms with Gasteiger partial charge in [-0.3, -0.25) is 0 Å². The average Bonchev–Trinajstić information content (AvgIpc) is 2.53. The van der Waals surface area contributed by atoms with Gasteiger partial charge in [0.1, 0.15) is 5.82 Å². The van der Waals surface area contributed by atoms with E-state index in [1.807, 2.05) is 0 Å². The molecule has 4 nitrogen and oxygen atoms in total. The van der Waals surface area contributed by atoms with E-state index in [0.29, 0.717) is 13.0 Å². The zero-order valence-electron chi connectivity index (χ0n) is 13.0. The SMILES string of the molecule is O=C(NCCc1cccc(F)c1)N1CCC(C(O)C(F)(F)F)CC1. The fourth-order valence-corrected chi connectivity index (χ4v) is 2.80. The Hall–Kier alpha value is -1.83. The van der Waals surface area contributed by atoms with E-state index in [1.54, 1.807) is 12.1 Å². The molecule has 1 aliphatic heterocycles. The predicted molar refractivity (Wildman–Crippen MR) is 79.9 cm³/mol. The van der Waals surface area contributed by atoms with Gasteiger partial charge >= 0.3 is 12.2 Å². The van der Waals surface area contributed by atoms with Crippen molar-refractivity contribution >= 4 is 6.03 Å². The van der Waals surface area contributed by atoms with Crippen LogP contribution in [-0.4, -0.2) is 48.0 Å². The van der Waals surface area contributed by atoms with E-state index in [0.717, 1.165) is 5.56 Å². The first-order chi connectivity index (χ1) is 11.3. The molecule has 1 aliphatic rings. The molecule has 1 saturated heterocycles. The van der Waals surface area contributed by atoms with E-state index in [9.17, 15) is 27.5 Å². The van der Waals surface area contributed by atoms with Crippen LogP contribution in [0.25, 0.3) is 0 Å². The third-order valence-electron chi connectivity index (χ3n) is 4.19. The number of hydrogen-bond donors (Lipinski definition) is 2. The van der Waals surface area contributed by atoms with Crippen molar-refractivity contribution in [3.8, 4) is 0 Å². The number of aliphatic hydroxyl groups excluding tert-OH is 1. The number of hydrogen-bond acceptors (Lipinski definition) is 2. The van der Waals surface area contributed by atoms with Gasteiger partial charge in [0.15, 0.2) is 6.10 Å². The summed E-state index contributed by atoms with van der Waals surface area (Å²) in [5.41, 5.74) is 0.752. The molecule has 2 N–H and O–H groups in total. The molecule has 1 heterocycles. The monoisotopic (exact) mass is 348 g/mol. The summed E-state index contributed by atoms with van der Waals surface area (Å²) in [5.74, 6) is -1.22. The van der Waals surface area contributed by atoms with Crippen LogP contribution in [0.4, 0.5) is 22.4 Å². The van der Waals surface area contributed by atoms with Crippen LogP contribution in [0.5, 0.6) is 0 Å². The lowest BCUT2D eigenvalue weighted by molar-refractivity contribution is -0.222. The molecule has 0 aromatic heterocycles. The summed E-state index contributed by atoms with van der Waals surface area (Å²) in [6.07, 6.45) is -6.28. The maximum Gasteiger partial charge on any atom is 0.414 e. The number of carbonyl (C=O) groups excluding carboxylic acids is 1. The van der Waals surface area contributed by atoms with Crippen molar-refractivity contribution in [3.05, 3.63) is 35.6 Å². The molecule has 2 rings (SSSR count). The topological polar surface area (TPSA) is 52.6 Å². The molecule has 0 bridgehead atoms. The van der Waals surface area contributed by atoms with Crippen LogP contribution in [0.2, 0.25) is 0 Å². The molecule has 1 fully saturated rings. The number of carbonyl (C=O) groups is 1. The molecule has 0 spiro atoms. The summed E-state index contributed by atoms with van der Waals surface area (Å²) in [5, 5.41) is 11.9. The molecule has 1 unspecified atom stereocenters. The highest BCUT2D eigenvalue weighted by molar-refractivity contribution is 5.74. The molecular weight excluding hydrogens is 328 g/mol. The van der Waals surface area contributed by atoms with Gasteiger partial charge in [-0.05, 0) is 42.9 Å². The minimum atomic E-state index is -4.62. The van der Waals surface area contributed by atoms with Crippen LogP contribution in [0.1, 0.15) is 18.4 Å². The van der Waals surface area contributed by atoms with Crippen molar-refractivity contribution < 1.29 is 27.5 Å². The minimum absolute atomic E-state index is 0.109. The quantitative estimate of drug-likeness (QED) is 0.822. The first-order valence-electron chi connectivity index (χ1n) is 7.79. The number of aliphatic hydroxyl groups is 1. The first-order valence-corrected chi connectivity index (χ1v) is 7.79. The van der Waals surface area contributed by atoms with Crippen LogP contribution < -0.4 is 5.32 Å². The molecule has 1 aromatic rings. The highest BCUT2D eigenvalue weighted by Crippen LogP contribution is 2.31. The van der Waals surface area contributed by atoms with Crippen molar-refractivity contribution in [3.63, 3.8) is 0 Å². The summed E-state index contributed by atoms with van der Waals surface area (Å²) in [6.45, 7) is 0.653. The van der Waals surface area contributed by atoms with Crippen LogP contribution in [0, 0.1) is 11.7 Å². The van der Waals surface area contributed by atoms with Crippen molar-refractivity contribution in [2.75, 3.05) is 19.6 Å². The van der Waals surface area contributed by atoms with Gasteiger partial charge in [0.05, 0.1) is 0 Å². The van der Waals surface area contributed by atoms with E-state index in [4.69, 9.17) is 0 Å². The summed E-state index contributed by atoms with van der Waals surface area (Å²) >= 11 is 0. The smallest absolute Gasteiger partial charge is 0.383 e. The Balaban J connectivity index is 1.73. The number of amides is 2. The second kappa shape index (κ2) is 7.83. The zero-order chi connectivity index (χ0) is 17.7. The first kappa shape index (κ1) is 18.5. The number of alkyl halides is 3. The molecule has 0 radical (unpaired) electrons. The third-order valence-corrected chi connectivity index (χ3v) is 4.19. The number of benzene rings is 1. The second-order valence-electron chi connectivity index (χ2n) is 5.92. The molecule has 1 atom stereocenters. The summed E-state index contributed by atoms with van der Waals surface area (Å²) < 4.78 is 50.5. The highest BCUT2D eigenvalue weighted by Gasteiger charge is 2.44. The summed E-state index contributed by atoms with van der Waals surface area (Å²) in [7, 11) is 0. The van der Waals surface area contributed by atoms with E-state index in [-0.39, 0.29) is 37.8 Å². The van der Waals surface area contributed by atoms with E-state index in [2.05, 4.69) is 5.32 Å². The predicted octanol–water partition coefficient (Wildman–Crippen LogP) is 2.71. The largest absolute Gasteiger partial charge is 0.414 e. The molecule has 134 valence electrons. The van der Waals surface area contributed by atoms with Gasteiger partial charge in [-0.15, -0.1) is 0 Å². The van der Waals surface area contributed by atoms with Crippen molar-refractivity contribution in [1.82, 2.24) is 10.2 Å². The number of rotatable bonds is 4. The number of likely N-dealkylation sites (tertiary alicyclic amines) is 1. The Kier molecular flexibility index (Phi) is 6.04. The van der Waals surface area contributed by atoms with Crippen molar-refractivity contribution in [1.29, 1.82) is 0 Å². The minimum Gasteiger partial charge on any atom is -0.383 e. The maximum absolute atomic E-state index is 13.0. The number of nitrogens with one attached hydrogen (secondary N) is 1. The molecule has 2 amide bonds. The number of urea groups is 1. The molecule has 1 aromatic carbocycles. The molecule has 0 aliphatic carbocycles. The van der Waals surface area contributed by atoms with Gasteiger partial charge in [-0.1, -0.05) is 12.1 Å². The Morgan fingerprint density at radius 3 is 2.58 bits per heavy atom. The number of halogens is 4. The lowest BCUT2D eigenvalue weighted by atomic mass is 9.91. The van der Waals surface area contributed by atoms with E-state index >= 15 is 0 Å². The van der Waals surface area contributed by atoms with E-state index < -0.39 is 18.2 Å². The Labute approximate surface area is 137 Å². The van der Waals surface area contributed by atoms with Gasteiger partial charge in [0.2, 0.25) is 0 Å². The zero-order valence-corrected chi connectivity index (χ0v) is 13.0. The molecular formula is C16H20F4N2O2. The van der Waals surface area contributed by atoms with E-state index in [1.165, 1.54) is 17.0 Å². The molecule has 8 heteroatoms. The Morgan fingerprint density at radius 2 is 2.00 bits per heavy atom. The Morgan fingerprint density at radius 1 is 1.33 bits per heavy atom. The van der Waals surface area contributed by atoms with Gasteiger partial charge in [-0.25, -0.2) is 9.18 Å². The van der Waals surface area contributed by atoms with Crippen LogP contribution in [0.3, 0.4) is 0 Å². The van der Waals surface area contributed by atoms with Gasteiger partial charge in [0.25, 0.3) is 0 Å². The summed E-state index contributed by atoms with van der Waals surface area (Å²) in [6, 6.07) is 5.70. The average molecular weight is 348 g/mol. The fourth-order valence-electron chi connectivity index (χ4n) is 2.80. The van der Waals surface area contributed by atoms with Crippen molar-refractivity contribution in [2.24, 2.45) is 5.92 Å². The van der Waals surface area contributed by atoms with Crippen LogP contribution >= 0.6 is 0 Å². The third kappa shape index (κ3) is 5.09. The lowest BCUT2D eigenvalue weighted by Gasteiger charge is -2.34. The Bertz CT molecular complexity index is 557. The van der Waals surface area contributed by atoms with Gasteiger partial charge < -0.3 is 15.3 Å². The lowest BCUT2D eigenvalue weighted by Crippen LogP contribution is -2.48. The van der Waals surface area contributed by atoms with Crippen LogP contribution in [-0.2, 0) is 6.42 Å². The fraction of sp³-hybridized carbons (Fsp3) is 0.562.